The second kappa shape index (κ2) is 12.7. The van der Waals surface area contributed by atoms with E-state index in [1.807, 2.05) is 18.2 Å². The Kier molecular flexibility index (Phi) is 9.71. The van der Waals surface area contributed by atoms with Crippen LogP contribution >= 0.6 is 0 Å². The highest BCUT2D eigenvalue weighted by atomic mass is 32.2. The third-order valence-electron chi connectivity index (χ3n) is 5.69. The molecular formula is C25H33N3O7S. The average molecular weight is 520 g/mol. The molecule has 2 aromatic carbocycles. The first-order valence-electron chi connectivity index (χ1n) is 11.6. The van der Waals surface area contributed by atoms with Crippen molar-refractivity contribution in [1.29, 1.82) is 0 Å². The van der Waals surface area contributed by atoms with Gasteiger partial charge in [0.1, 0.15) is 12.4 Å². The summed E-state index contributed by atoms with van der Waals surface area (Å²) in [5, 5.41) is 23.1. The van der Waals surface area contributed by atoms with E-state index in [-0.39, 0.29) is 13.0 Å². The topological polar surface area (TPSA) is 150 Å². The number of nitrogens with one attached hydrogen (secondary N) is 3. The fraction of sp³-hybridized carbons (Fsp3) is 0.400. The summed E-state index contributed by atoms with van der Waals surface area (Å²) in [6.45, 7) is 1.02. The molecule has 1 aromatic heterocycles. The SMILES string of the molecule is COCCc1[nH]c2cc(OCCN[C@@H](CO)c3ccccc3NS(C)(=O)=O)ccc2c1CCC(=O)O. The van der Waals surface area contributed by atoms with E-state index >= 15 is 0 Å². The molecular weight excluding hydrogens is 486 g/mol. The minimum Gasteiger partial charge on any atom is -0.492 e. The Balaban J connectivity index is 1.65. The quantitative estimate of drug-likeness (QED) is 0.192. The first-order chi connectivity index (χ1) is 17.2. The number of carboxylic acid groups (broad SMARTS) is 1. The number of fused-ring (bicyclic) bond motifs is 1. The van der Waals surface area contributed by atoms with Crippen molar-refractivity contribution in [3.63, 3.8) is 0 Å². The van der Waals surface area contributed by atoms with Crippen LogP contribution in [0.1, 0.15) is 29.3 Å². The number of anilines is 1. The molecule has 0 saturated heterocycles. The van der Waals surface area contributed by atoms with Crippen molar-refractivity contribution in [3.8, 4) is 5.75 Å². The van der Waals surface area contributed by atoms with Gasteiger partial charge in [0.25, 0.3) is 0 Å². The standard InChI is InChI=1S/C25H33N3O7S/c1-34-13-11-21-18(9-10-25(30)31)19-8-7-17(15-23(19)27-21)35-14-12-26-24(16-29)20-5-3-4-6-22(20)28-36(2,32)33/h3-8,15,24,26-29H,9-14,16H2,1-2H3,(H,30,31)/t24-/m0/s1. The number of carbonyl (C=O) groups is 1. The molecule has 10 nitrogen and oxygen atoms in total. The zero-order valence-electron chi connectivity index (χ0n) is 20.4. The summed E-state index contributed by atoms with van der Waals surface area (Å²) in [7, 11) is -1.83. The number of aliphatic carboxylic acids is 1. The monoisotopic (exact) mass is 519 g/mol. The molecule has 1 heterocycles. The average Bonchev–Trinajstić information content (AvgIpc) is 3.17. The van der Waals surface area contributed by atoms with E-state index < -0.39 is 22.0 Å². The van der Waals surface area contributed by atoms with Gasteiger partial charge < -0.3 is 30.0 Å². The predicted molar refractivity (Wildman–Crippen MR) is 138 cm³/mol. The number of rotatable bonds is 15. The van der Waals surface area contributed by atoms with E-state index in [2.05, 4.69) is 15.0 Å². The highest BCUT2D eigenvalue weighted by Gasteiger charge is 2.16. The lowest BCUT2D eigenvalue weighted by Gasteiger charge is -2.20. The Bertz CT molecular complexity index is 1270. The number of hydrogen-bond acceptors (Lipinski definition) is 7. The van der Waals surface area contributed by atoms with Gasteiger partial charge in [0.2, 0.25) is 10.0 Å². The number of H-pyrrole nitrogens is 1. The second-order valence-corrected chi connectivity index (χ2v) is 10.2. The van der Waals surface area contributed by atoms with Gasteiger partial charge in [-0.25, -0.2) is 8.42 Å². The molecule has 196 valence electrons. The molecule has 0 bridgehead atoms. The summed E-state index contributed by atoms with van der Waals surface area (Å²) in [6.07, 6.45) is 2.20. The van der Waals surface area contributed by atoms with Gasteiger partial charge in [-0.3, -0.25) is 9.52 Å². The van der Waals surface area contributed by atoms with Crippen molar-refractivity contribution >= 4 is 32.6 Å². The normalized spacial score (nSPS) is 12.5. The Morgan fingerprint density at radius 1 is 1.14 bits per heavy atom. The number of aromatic amines is 1. The van der Waals surface area contributed by atoms with Crippen molar-refractivity contribution in [2.75, 3.05) is 44.5 Å². The smallest absolute Gasteiger partial charge is 0.303 e. The van der Waals surface area contributed by atoms with Gasteiger partial charge >= 0.3 is 5.97 Å². The fourth-order valence-corrected chi connectivity index (χ4v) is 4.67. The van der Waals surface area contributed by atoms with Gasteiger partial charge in [0, 0.05) is 49.2 Å². The zero-order valence-corrected chi connectivity index (χ0v) is 21.2. The molecule has 0 aliphatic rings. The van der Waals surface area contributed by atoms with Crippen molar-refractivity contribution in [2.45, 2.75) is 25.3 Å². The second-order valence-electron chi connectivity index (χ2n) is 8.43. The maximum Gasteiger partial charge on any atom is 0.303 e. The van der Waals surface area contributed by atoms with Crippen LogP contribution in [-0.4, -0.2) is 69.3 Å². The van der Waals surface area contributed by atoms with Gasteiger partial charge in [-0.2, -0.15) is 0 Å². The molecule has 0 amide bonds. The minimum absolute atomic E-state index is 0.0473. The first-order valence-corrected chi connectivity index (χ1v) is 13.5. The maximum absolute atomic E-state index is 11.7. The molecule has 5 N–H and O–H groups in total. The van der Waals surface area contributed by atoms with E-state index in [9.17, 15) is 18.3 Å². The van der Waals surface area contributed by atoms with Crippen LogP contribution in [0.15, 0.2) is 42.5 Å². The van der Waals surface area contributed by atoms with Crippen LogP contribution in [0.3, 0.4) is 0 Å². The van der Waals surface area contributed by atoms with E-state index in [0.29, 0.717) is 49.6 Å². The van der Waals surface area contributed by atoms with E-state index in [1.165, 1.54) is 0 Å². The summed E-state index contributed by atoms with van der Waals surface area (Å²) in [5.41, 5.74) is 3.84. The first kappa shape index (κ1) is 27.5. The summed E-state index contributed by atoms with van der Waals surface area (Å²) < 4.78 is 36.9. The number of sulfonamides is 1. The van der Waals surface area contributed by atoms with Crippen molar-refractivity contribution in [3.05, 3.63) is 59.3 Å². The summed E-state index contributed by atoms with van der Waals surface area (Å²) in [5.74, 6) is -0.196. The number of para-hydroxylation sites is 1. The fourth-order valence-electron chi connectivity index (χ4n) is 4.08. The number of methoxy groups -OCH3 is 1. The molecule has 0 aliphatic carbocycles. The predicted octanol–water partition coefficient (Wildman–Crippen LogP) is 2.45. The molecule has 1 atom stereocenters. The van der Waals surface area contributed by atoms with Gasteiger partial charge in [-0.15, -0.1) is 0 Å². The molecule has 0 aliphatic heterocycles. The number of aliphatic hydroxyl groups is 1. The van der Waals surface area contributed by atoms with Crippen LogP contribution in [0.2, 0.25) is 0 Å². The largest absolute Gasteiger partial charge is 0.492 e. The lowest BCUT2D eigenvalue weighted by molar-refractivity contribution is -0.136. The lowest BCUT2D eigenvalue weighted by atomic mass is 10.0. The molecule has 0 spiro atoms. The highest BCUT2D eigenvalue weighted by Crippen LogP contribution is 2.28. The van der Waals surface area contributed by atoms with Gasteiger partial charge in [-0.05, 0) is 35.7 Å². The van der Waals surface area contributed by atoms with Gasteiger partial charge in [0.15, 0.2) is 0 Å². The van der Waals surface area contributed by atoms with Gasteiger partial charge in [-0.1, -0.05) is 18.2 Å². The molecule has 0 radical (unpaired) electrons. The van der Waals surface area contributed by atoms with E-state index in [0.717, 1.165) is 28.4 Å². The van der Waals surface area contributed by atoms with Crippen LogP contribution in [0.5, 0.6) is 5.75 Å². The Morgan fingerprint density at radius 3 is 2.61 bits per heavy atom. The van der Waals surface area contributed by atoms with Crippen LogP contribution in [-0.2, 0) is 32.4 Å². The number of hydrogen-bond donors (Lipinski definition) is 5. The maximum atomic E-state index is 11.7. The third kappa shape index (κ3) is 7.69. The number of carboxylic acids is 1. The van der Waals surface area contributed by atoms with Crippen LogP contribution in [0, 0.1) is 0 Å². The van der Waals surface area contributed by atoms with Crippen LogP contribution < -0.4 is 14.8 Å². The molecule has 3 aromatic rings. The number of ether oxygens (including phenoxy) is 2. The lowest BCUT2D eigenvalue weighted by Crippen LogP contribution is -2.29. The Hall–Kier alpha value is -3.12. The molecule has 3 rings (SSSR count). The summed E-state index contributed by atoms with van der Waals surface area (Å²) in [6, 6.07) is 12.1. The van der Waals surface area contributed by atoms with Crippen LogP contribution in [0.4, 0.5) is 5.69 Å². The highest BCUT2D eigenvalue weighted by molar-refractivity contribution is 7.92. The van der Waals surface area contributed by atoms with Crippen molar-refractivity contribution < 1.29 is 32.9 Å². The van der Waals surface area contributed by atoms with E-state index in [1.54, 1.807) is 31.4 Å². The molecule has 0 saturated carbocycles. The van der Waals surface area contributed by atoms with E-state index in [4.69, 9.17) is 14.6 Å². The Morgan fingerprint density at radius 2 is 1.92 bits per heavy atom. The van der Waals surface area contributed by atoms with Crippen molar-refractivity contribution in [2.24, 2.45) is 0 Å². The van der Waals surface area contributed by atoms with Gasteiger partial charge in [0.05, 0.1) is 31.2 Å². The minimum atomic E-state index is -3.46. The summed E-state index contributed by atoms with van der Waals surface area (Å²) in [4.78, 5) is 14.5. The number of aryl methyl sites for hydroxylation is 1. The van der Waals surface area contributed by atoms with Crippen LogP contribution in [0.25, 0.3) is 10.9 Å². The molecule has 11 heteroatoms. The molecule has 36 heavy (non-hydrogen) atoms. The summed E-state index contributed by atoms with van der Waals surface area (Å²) >= 11 is 0. The number of benzene rings is 2. The number of aliphatic hydroxyl groups excluding tert-OH is 1. The molecule has 0 unspecified atom stereocenters. The Labute approximate surface area is 210 Å². The number of aromatic nitrogens is 1. The third-order valence-corrected chi connectivity index (χ3v) is 6.28. The zero-order chi connectivity index (χ0) is 26.1. The molecule has 0 fully saturated rings. The van der Waals surface area contributed by atoms with Crippen molar-refractivity contribution in [1.82, 2.24) is 10.3 Å².